The van der Waals surface area contributed by atoms with Gasteiger partial charge < -0.3 is 15.1 Å². The highest BCUT2D eigenvalue weighted by molar-refractivity contribution is 7.14. The zero-order valence-corrected chi connectivity index (χ0v) is 17.8. The predicted molar refractivity (Wildman–Crippen MR) is 118 cm³/mol. The molecule has 1 aromatic heterocycles. The molecule has 0 aliphatic carbocycles. The minimum atomic E-state index is -0.147. The largest absolute Gasteiger partial charge is 0.346 e. The van der Waals surface area contributed by atoms with E-state index in [4.69, 9.17) is 4.98 Å². The van der Waals surface area contributed by atoms with Crippen molar-refractivity contribution in [1.82, 2.24) is 20.1 Å². The average Bonchev–Trinajstić information content (AvgIpc) is 3.55. The van der Waals surface area contributed by atoms with Gasteiger partial charge >= 0.3 is 0 Å². The smallest absolute Gasteiger partial charge is 0.240 e. The molecule has 5 rings (SSSR count). The number of carbonyl (C=O) groups is 2. The molecule has 8 heteroatoms. The number of amides is 1. The van der Waals surface area contributed by atoms with Crippen LogP contribution in [0.5, 0.6) is 0 Å². The van der Waals surface area contributed by atoms with Crippen molar-refractivity contribution in [2.75, 3.05) is 50.7 Å². The van der Waals surface area contributed by atoms with Crippen LogP contribution in [0, 0.1) is 0 Å². The molecule has 2 atom stereocenters. The predicted octanol–water partition coefficient (Wildman–Crippen LogP) is 1.46. The summed E-state index contributed by atoms with van der Waals surface area (Å²) in [5.74, 6) is 0.268. The third-order valence-corrected chi connectivity index (χ3v) is 7.31. The number of carbonyl (C=O) groups excluding carboxylic acids is 2. The Bertz CT molecular complexity index is 909. The molecular formula is C22H27N5O2S. The maximum atomic E-state index is 12.7. The van der Waals surface area contributed by atoms with E-state index < -0.39 is 0 Å². The summed E-state index contributed by atoms with van der Waals surface area (Å²) in [6, 6.07) is 10.5. The molecule has 1 N–H and O–H groups in total. The molecule has 4 heterocycles. The van der Waals surface area contributed by atoms with E-state index in [1.165, 1.54) is 0 Å². The van der Waals surface area contributed by atoms with E-state index in [2.05, 4.69) is 32.6 Å². The number of nitrogens with zero attached hydrogens (tertiary/aromatic N) is 4. The lowest BCUT2D eigenvalue weighted by Crippen LogP contribution is -2.51. The van der Waals surface area contributed by atoms with Crippen LogP contribution in [0.3, 0.4) is 0 Å². The molecule has 7 nitrogen and oxygen atoms in total. The van der Waals surface area contributed by atoms with Gasteiger partial charge in [-0.15, -0.1) is 11.3 Å². The fraction of sp³-hybridized carbons (Fsp3) is 0.500. The highest BCUT2D eigenvalue weighted by atomic mass is 32.1. The van der Waals surface area contributed by atoms with E-state index in [1.54, 1.807) is 16.2 Å². The first-order valence-electron chi connectivity index (χ1n) is 10.7. The molecule has 0 bridgehead atoms. The lowest BCUT2D eigenvalue weighted by molar-refractivity contribution is -0.133. The van der Waals surface area contributed by atoms with Crippen molar-refractivity contribution >= 4 is 28.2 Å². The number of nitrogens with one attached hydrogen (secondary N) is 1. The molecule has 2 aromatic rings. The van der Waals surface area contributed by atoms with Crippen molar-refractivity contribution in [3.8, 4) is 11.3 Å². The molecule has 158 valence electrons. The lowest BCUT2D eigenvalue weighted by Gasteiger charge is -2.37. The highest BCUT2D eigenvalue weighted by Gasteiger charge is 2.37. The van der Waals surface area contributed by atoms with E-state index in [1.807, 2.05) is 18.2 Å². The van der Waals surface area contributed by atoms with Crippen LogP contribution < -0.4 is 10.2 Å². The van der Waals surface area contributed by atoms with Gasteiger partial charge in [0.2, 0.25) is 5.91 Å². The van der Waals surface area contributed by atoms with Gasteiger partial charge in [-0.2, -0.15) is 0 Å². The maximum absolute atomic E-state index is 12.7. The van der Waals surface area contributed by atoms with E-state index >= 15 is 0 Å². The van der Waals surface area contributed by atoms with Gasteiger partial charge in [0.25, 0.3) is 0 Å². The number of benzene rings is 1. The molecule has 0 spiro atoms. The molecule has 0 radical (unpaired) electrons. The minimum Gasteiger partial charge on any atom is -0.346 e. The van der Waals surface area contributed by atoms with Crippen LogP contribution in [-0.2, 0) is 9.59 Å². The third-order valence-electron chi connectivity index (χ3n) is 6.41. The van der Waals surface area contributed by atoms with Gasteiger partial charge in [0, 0.05) is 62.7 Å². The number of ketones is 1. The second-order valence-electron chi connectivity index (χ2n) is 8.30. The number of anilines is 1. The summed E-state index contributed by atoms with van der Waals surface area (Å²) in [7, 11) is 0. The van der Waals surface area contributed by atoms with Crippen molar-refractivity contribution in [2.24, 2.45) is 0 Å². The zero-order valence-electron chi connectivity index (χ0n) is 17.0. The van der Waals surface area contributed by atoms with Crippen LogP contribution in [0.4, 0.5) is 5.13 Å². The molecule has 30 heavy (non-hydrogen) atoms. The van der Waals surface area contributed by atoms with Crippen molar-refractivity contribution in [3.05, 3.63) is 35.7 Å². The van der Waals surface area contributed by atoms with Gasteiger partial charge in [0.1, 0.15) is 0 Å². The van der Waals surface area contributed by atoms with E-state index in [0.717, 1.165) is 55.5 Å². The van der Waals surface area contributed by atoms with Crippen LogP contribution in [0.15, 0.2) is 35.7 Å². The highest BCUT2D eigenvalue weighted by Crippen LogP contribution is 2.28. The number of Topliss-reactive ketones (excluding diaryl/α,β-unsaturated/α-hetero) is 1. The van der Waals surface area contributed by atoms with Crippen molar-refractivity contribution in [3.63, 3.8) is 0 Å². The lowest BCUT2D eigenvalue weighted by atomic mass is 10.1. The molecule has 3 aliphatic rings. The standard InChI is InChI=1S/C22H27N5O2S/c28-18-6-7-27(14-18)21(29)19-12-17(13-23-19)25-8-10-26(11-9-25)22-24-20(15-30-22)16-4-2-1-3-5-16/h1-5,15,17,19,23H,6-14H2/t17-,19-/m0/s1. The van der Waals surface area contributed by atoms with Gasteiger partial charge in [-0.3, -0.25) is 14.5 Å². The SMILES string of the molecule is O=C1CCN(C(=O)[C@@H]2C[C@H](N3CCN(c4nc(-c5ccccc5)cs4)CC3)CN2)C1. The quantitative estimate of drug-likeness (QED) is 0.800. The van der Waals surface area contributed by atoms with Crippen molar-refractivity contribution < 1.29 is 9.59 Å². The van der Waals surface area contributed by atoms with E-state index in [0.29, 0.717) is 25.6 Å². The van der Waals surface area contributed by atoms with Crippen LogP contribution in [0.25, 0.3) is 11.3 Å². The molecule has 1 amide bonds. The summed E-state index contributed by atoms with van der Waals surface area (Å²) in [5, 5.41) is 6.62. The molecule has 1 aromatic carbocycles. The van der Waals surface area contributed by atoms with Gasteiger partial charge in [-0.1, -0.05) is 30.3 Å². The van der Waals surface area contributed by atoms with Gasteiger partial charge in [-0.25, -0.2) is 4.98 Å². The monoisotopic (exact) mass is 425 g/mol. The van der Waals surface area contributed by atoms with Gasteiger partial charge in [0.15, 0.2) is 10.9 Å². The fourth-order valence-electron chi connectivity index (χ4n) is 4.65. The summed E-state index contributed by atoms with van der Waals surface area (Å²) >= 11 is 1.71. The summed E-state index contributed by atoms with van der Waals surface area (Å²) in [6.07, 6.45) is 1.34. The van der Waals surface area contributed by atoms with Crippen LogP contribution in [0.2, 0.25) is 0 Å². The average molecular weight is 426 g/mol. The second-order valence-corrected chi connectivity index (χ2v) is 9.14. The summed E-state index contributed by atoms with van der Waals surface area (Å²) in [5.41, 5.74) is 2.20. The topological polar surface area (TPSA) is 68.8 Å². The number of hydrogen-bond acceptors (Lipinski definition) is 7. The minimum absolute atomic E-state index is 0.0956. The normalized spacial score (nSPS) is 25.3. The van der Waals surface area contributed by atoms with Crippen molar-refractivity contribution in [1.29, 1.82) is 0 Å². The summed E-state index contributed by atoms with van der Waals surface area (Å²) in [4.78, 5) is 35.6. The maximum Gasteiger partial charge on any atom is 0.240 e. The number of hydrogen-bond donors (Lipinski definition) is 1. The summed E-state index contributed by atoms with van der Waals surface area (Å²) in [6.45, 7) is 5.59. The number of piperazine rings is 1. The Kier molecular flexibility index (Phi) is 5.54. The zero-order chi connectivity index (χ0) is 20.5. The second kappa shape index (κ2) is 8.45. The first-order valence-corrected chi connectivity index (χ1v) is 11.6. The van der Waals surface area contributed by atoms with E-state index in [9.17, 15) is 9.59 Å². The Hall–Kier alpha value is -2.29. The van der Waals surface area contributed by atoms with E-state index in [-0.39, 0.29) is 17.7 Å². The summed E-state index contributed by atoms with van der Waals surface area (Å²) < 4.78 is 0. The Morgan fingerprint density at radius 3 is 2.63 bits per heavy atom. The Balaban J connectivity index is 1.14. The first kappa shape index (κ1) is 19.7. The molecule has 3 aliphatic heterocycles. The van der Waals surface area contributed by atoms with Crippen LogP contribution in [0.1, 0.15) is 12.8 Å². The molecular weight excluding hydrogens is 398 g/mol. The Labute approximate surface area is 180 Å². The van der Waals surface area contributed by atoms with Crippen LogP contribution >= 0.6 is 11.3 Å². The number of rotatable bonds is 4. The fourth-order valence-corrected chi connectivity index (χ4v) is 5.54. The third kappa shape index (κ3) is 3.99. The number of likely N-dealkylation sites (tertiary alicyclic amines) is 1. The molecule has 3 fully saturated rings. The van der Waals surface area contributed by atoms with Crippen molar-refractivity contribution in [2.45, 2.75) is 24.9 Å². The molecule has 0 saturated carbocycles. The number of aromatic nitrogens is 1. The number of thiazole rings is 1. The van der Waals surface area contributed by atoms with Crippen LogP contribution in [-0.4, -0.2) is 84.4 Å². The molecule has 3 saturated heterocycles. The Morgan fingerprint density at radius 1 is 1.10 bits per heavy atom. The molecule has 0 unspecified atom stereocenters. The first-order chi connectivity index (χ1) is 14.7. The van der Waals surface area contributed by atoms with Gasteiger partial charge in [-0.05, 0) is 6.42 Å². The van der Waals surface area contributed by atoms with Gasteiger partial charge in [0.05, 0.1) is 18.3 Å². The Morgan fingerprint density at radius 2 is 1.90 bits per heavy atom.